The van der Waals surface area contributed by atoms with E-state index in [-0.39, 0.29) is 23.8 Å². The molecule has 4 bridgehead atoms. The first-order valence-electron chi connectivity index (χ1n) is 7.62. The van der Waals surface area contributed by atoms with Gasteiger partial charge in [0.1, 0.15) is 0 Å². The Bertz CT molecular complexity index is 483. The second kappa shape index (κ2) is 3.77. The van der Waals surface area contributed by atoms with Crippen LogP contribution in [0.4, 0.5) is 0 Å². The molecule has 0 radical (unpaired) electrons. The minimum atomic E-state index is -0.669. The normalized spacial score (nSPS) is 45.6. The van der Waals surface area contributed by atoms with Gasteiger partial charge in [-0.05, 0) is 47.0 Å². The Morgan fingerprint density at radius 2 is 2.05 bits per heavy atom. The summed E-state index contributed by atoms with van der Waals surface area (Å²) >= 11 is 0. The summed E-state index contributed by atoms with van der Waals surface area (Å²) in [7, 11) is 0. The minimum Gasteiger partial charge on any atom is -0.455 e. The summed E-state index contributed by atoms with van der Waals surface area (Å²) in [6.07, 6.45) is 2.56. The molecule has 20 heavy (non-hydrogen) atoms. The number of fused-ring (bicyclic) bond motifs is 1. The molecule has 4 aliphatic rings. The molecule has 2 aliphatic heterocycles. The van der Waals surface area contributed by atoms with Gasteiger partial charge in [-0.1, -0.05) is 6.92 Å². The Kier molecular flexibility index (Phi) is 2.62. The average Bonchev–Trinajstić information content (AvgIpc) is 2.86. The van der Waals surface area contributed by atoms with Crippen LogP contribution in [0, 0.1) is 23.2 Å². The van der Waals surface area contributed by atoms with Crippen LogP contribution in [0.25, 0.3) is 0 Å². The van der Waals surface area contributed by atoms with Crippen LogP contribution in [0.2, 0.25) is 0 Å². The van der Waals surface area contributed by atoms with Crippen LogP contribution in [-0.4, -0.2) is 23.1 Å². The summed E-state index contributed by atoms with van der Waals surface area (Å²) in [6, 6.07) is 0. The first-order chi connectivity index (χ1) is 9.15. The van der Waals surface area contributed by atoms with Crippen LogP contribution >= 0.6 is 0 Å². The molecule has 2 saturated heterocycles. The molecular weight excluding hydrogens is 256 g/mol. The first-order valence-corrected chi connectivity index (χ1v) is 7.62. The van der Waals surface area contributed by atoms with E-state index in [1.54, 1.807) is 0 Å². The molecule has 112 valence electrons. The van der Waals surface area contributed by atoms with Crippen molar-refractivity contribution in [1.82, 2.24) is 0 Å². The van der Waals surface area contributed by atoms with Crippen LogP contribution in [0.15, 0.2) is 0 Å². The molecule has 5 atom stereocenters. The quantitative estimate of drug-likeness (QED) is 0.746. The molecular formula is C16H24O4. The van der Waals surface area contributed by atoms with Crippen molar-refractivity contribution in [3.8, 4) is 0 Å². The maximum atomic E-state index is 12.5. The maximum absolute atomic E-state index is 12.5. The molecule has 2 heterocycles. The zero-order chi connectivity index (χ0) is 14.9. The number of rotatable bonds is 3. The van der Waals surface area contributed by atoms with Crippen molar-refractivity contribution in [2.24, 2.45) is 23.2 Å². The second-order valence-electron chi connectivity index (χ2n) is 7.64. The molecule has 4 heteroatoms. The van der Waals surface area contributed by atoms with Crippen molar-refractivity contribution >= 4 is 11.9 Å². The largest absolute Gasteiger partial charge is 0.455 e. The Hall–Kier alpha value is -1.06. The predicted molar refractivity (Wildman–Crippen MR) is 72.8 cm³/mol. The molecule has 4 fully saturated rings. The molecule has 0 spiro atoms. The van der Waals surface area contributed by atoms with E-state index in [1.807, 2.05) is 34.6 Å². The summed E-state index contributed by atoms with van der Waals surface area (Å²) in [5.41, 5.74) is -1.81. The van der Waals surface area contributed by atoms with E-state index in [2.05, 4.69) is 0 Å². The summed E-state index contributed by atoms with van der Waals surface area (Å²) < 4.78 is 11.6. The summed E-state index contributed by atoms with van der Waals surface area (Å²) in [4.78, 5) is 24.4. The average molecular weight is 280 g/mol. The van der Waals surface area contributed by atoms with E-state index in [9.17, 15) is 9.59 Å². The fourth-order valence-electron chi connectivity index (χ4n) is 4.25. The highest BCUT2D eigenvalue weighted by Crippen LogP contribution is 2.66. The van der Waals surface area contributed by atoms with E-state index < -0.39 is 16.6 Å². The molecule has 2 saturated carbocycles. The third-order valence-electron chi connectivity index (χ3n) is 6.39. The lowest BCUT2D eigenvalue weighted by Gasteiger charge is -2.54. The molecule has 4 rings (SSSR count). The summed E-state index contributed by atoms with van der Waals surface area (Å²) in [6.45, 7) is 9.69. The minimum absolute atomic E-state index is 0.0793. The van der Waals surface area contributed by atoms with Crippen molar-refractivity contribution in [3.63, 3.8) is 0 Å². The van der Waals surface area contributed by atoms with E-state index in [0.717, 1.165) is 19.3 Å². The van der Waals surface area contributed by atoms with Gasteiger partial charge in [0, 0.05) is 11.8 Å². The number of ether oxygens (including phenoxy) is 2. The SMILES string of the molecule is CCC(C)(C)C(=O)OC1(C)C2CC3CC2C(=O)OC31C. The molecule has 0 aromatic carbocycles. The van der Waals surface area contributed by atoms with Crippen LogP contribution in [0.3, 0.4) is 0 Å². The first kappa shape index (κ1) is 13.9. The Balaban J connectivity index is 1.91. The van der Waals surface area contributed by atoms with Crippen molar-refractivity contribution in [2.75, 3.05) is 0 Å². The van der Waals surface area contributed by atoms with Gasteiger partial charge in [-0.15, -0.1) is 0 Å². The Morgan fingerprint density at radius 3 is 2.60 bits per heavy atom. The smallest absolute Gasteiger partial charge is 0.312 e. The number of carbonyl (C=O) groups excluding carboxylic acids is 2. The molecule has 4 nitrogen and oxygen atoms in total. The van der Waals surface area contributed by atoms with E-state index in [1.165, 1.54) is 0 Å². The molecule has 0 aromatic heterocycles. The van der Waals surface area contributed by atoms with E-state index >= 15 is 0 Å². The lowest BCUT2D eigenvalue weighted by Crippen LogP contribution is -2.66. The monoisotopic (exact) mass is 280 g/mol. The van der Waals surface area contributed by atoms with Crippen LogP contribution < -0.4 is 0 Å². The highest BCUT2D eigenvalue weighted by atomic mass is 16.6. The Morgan fingerprint density at radius 1 is 1.40 bits per heavy atom. The fraction of sp³-hybridized carbons (Fsp3) is 0.875. The van der Waals surface area contributed by atoms with Gasteiger partial charge in [0.05, 0.1) is 11.3 Å². The number of hydrogen-bond donors (Lipinski definition) is 0. The molecule has 0 amide bonds. The zero-order valence-electron chi connectivity index (χ0n) is 13.0. The lowest BCUT2D eigenvalue weighted by molar-refractivity contribution is -0.255. The number of hydrogen-bond acceptors (Lipinski definition) is 4. The molecule has 2 aliphatic carbocycles. The van der Waals surface area contributed by atoms with Gasteiger partial charge in [0.2, 0.25) is 0 Å². The van der Waals surface area contributed by atoms with Gasteiger partial charge in [0.15, 0.2) is 11.2 Å². The topological polar surface area (TPSA) is 52.6 Å². The van der Waals surface area contributed by atoms with Crippen LogP contribution in [0.1, 0.15) is 53.9 Å². The lowest BCUT2D eigenvalue weighted by atomic mass is 9.66. The standard InChI is InChI=1S/C16H24O4/c1-6-14(2,3)13(18)20-16(5)11-8-9-7-10(11)12(17)19-15(9,16)4/h9-11H,6-8H2,1-5H3. The summed E-state index contributed by atoms with van der Waals surface area (Å²) in [5.74, 6) is 0.0879. The third kappa shape index (κ3) is 1.43. The predicted octanol–water partition coefficient (Wildman–Crippen LogP) is 2.70. The Labute approximate surface area is 120 Å². The summed E-state index contributed by atoms with van der Waals surface area (Å²) in [5, 5.41) is 0. The highest BCUT2D eigenvalue weighted by molar-refractivity contribution is 5.79. The third-order valence-corrected chi connectivity index (χ3v) is 6.39. The second-order valence-corrected chi connectivity index (χ2v) is 7.64. The van der Waals surface area contributed by atoms with Crippen molar-refractivity contribution < 1.29 is 19.1 Å². The van der Waals surface area contributed by atoms with Gasteiger partial charge in [-0.2, -0.15) is 0 Å². The molecule has 0 N–H and O–H groups in total. The maximum Gasteiger partial charge on any atom is 0.312 e. The number of esters is 2. The van der Waals surface area contributed by atoms with Gasteiger partial charge in [-0.25, -0.2) is 0 Å². The van der Waals surface area contributed by atoms with Crippen molar-refractivity contribution in [1.29, 1.82) is 0 Å². The van der Waals surface area contributed by atoms with E-state index in [4.69, 9.17) is 9.47 Å². The van der Waals surface area contributed by atoms with Crippen molar-refractivity contribution in [3.05, 3.63) is 0 Å². The van der Waals surface area contributed by atoms with Crippen LogP contribution in [0.5, 0.6) is 0 Å². The van der Waals surface area contributed by atoms with Gasteiger partial charge >= 0.3 is 11.9 Å². The molecule has 5 unspecified atom stereocenters. The number of carbonyl (C=O) groups is 2. The van der Waals surface area contributed by atoms with E-state index in [0.29, 0.717) is 5.92 Å². The van der Waals surface area contributed by atoms with Crippen LogP contribution in [-0.2, 0) is 19.1 Å². The fourth-order valence-corrected chi connectivity index (χ4v) is 4.25. The zero-order valence-corrected chi connectivity index (χ0v) is 13.0. The van der Waals surface area contributed by atoms with Gasteiger partial charge < -0.3 is 9.47 Å². The van der Waals surface area contributed by atoms with Gasteiger partial charge in [0.25, 0.3) is 0 Å². The van der Waals surface area contributed by atoms with Crippen molar-refractivity contribution in [2.45, 2.75) is 65.1 Å². The van der Waals surface area contributed by atoms with Gasteiger partial charge in [-0.3, -0.25) is 9.59 Å². The molecule has 0 aromatic rings. The highest BCUT2D eigenvalue weighted by Gasteiger charge is 2.75.